The van der Waals surface area contributed by atoms with Crippen LogP contribution in [-0.4, -0.2) is 6.61 Å². The molecule has 1 rings (SSSR count). The number of halogens is 1. The summed E-state index contributed by atoms with van der Waals surface area (Å²) in [7, 11) is 0. The number of para-hydroxylation sites is 1. The van der Waals surface area contributed by atoms with Crippen molar-refractivity contribution >= 4 is 15.9 Å². The van der Waals surface area contributed by atoms with Crippen molar-refractivity contribution in [1.29, 1.82) is 5.26 Å². The minimum Gasteiger partial charge on any atom is -0.491 e. The van der Waals surface area contributed by atoms with Gasteiger partial charge in [-0.25, -0.2) is 0 Å². The lowest BCUT2D eigenvalue weighted by atomic mass is 10.2. The lowest BCUT2D eigenvalue weighted by Crippen LogP contribution is -1.99. The molecule has 0 aliphatic rings. The lowest BCUT2D eigenvalue weighted by Gasteiger charge is -2.08. The molecule has 0 atom stereocenters. The number of hydrogen-bond donors (Lipinski definition) is 0. The zero-order chi connectivity index (χ0) is 10.4. The smallest absolute Gasteiger partial charge is 0.151 e. The normalized spacial score (nSPS) is 9.50. The monoisotopic (exact) mass is 253 g/mol. The maximum absolute atomic E-state index is 8.85. The molecular weight excluding hydrogens is 242 g/mol. The van der Waals surface area contributed by atoms with E-state index in [2.05, 4.69) is 28.9 Å². The molecule has 0 fully saturated rings. The first-order valence-electron chi connectivity index (χ1n) is 4.61. The van der Waals surface area contributed by atoms with Crippen LogP contribution in [0.5, 0.6) is 5.75 Å². The van der Waals surface area contributed by atoms with Crippen molar-refractivity contribution in [3.63, 3.8) is 0 Å². The van der Waals surface area contributed by atoms with Gasteiger partial charge in [0.25, 0.3) is 0 Å². The quantitative estimate of drug-likeness (QED) is 0.770. The van der Waals surface area contributed by atoms with Crippen LogP contribution in [0.15, 0.2) is 22.7 Å². The van der Waals surface area contributed by atoms with E-state index < -0.39 is 0 Å². The fourth-order valence-corrected chi connectivity index (χ4v) is 1.54. The van der Waals surface area contributed by atoms with Crippen LogP contribution >= 0.6 is 15.9 Å². The van der Waals surface area contributed by atoms with Crippen molar-refractivity contribution in [2.75, 3.05) is 6.61 Å². The Morgan fingerprint density at radius 3 is 2.93 bits per heavy atom. The van der Waals surface area contributed by atoms with Crippen molar-refractivity contribution in [2.24, 2.45) is 0 Å². The number of nitriles is 1. The second kappa shape index (κ2) is 5.66. The summed E-state index contributed by atoms with van der Waals surface area (Å²) in [5.74, 6) is 0.656. The molecule has 0 unspecified atom stereocenters. The molecule has 3 heteroatoms. The molecule has 14 heavy (non-hydrogen) atoms. The molecule has 1 aromatic carbocycles. The van der Waals surface area contributed by atoms with Gasteiger partial charge in [-0.1, -0.05) is 19.4 Å². The van der Waals surface area contributed by atoms with E-state index in [1.54, 1.807) is 6.07 Å². The first-order valence-corrected chi connectivity index (χ1v) is 5.40. The van der Waals surface area contributed by atoms with Gasteiger partial charge >= 0.3 is 0 Å². The second-order valence-corrected chi connectivity index (χ2v) is 3.78. The van der Waals surface area contributed by atoms with Gasteiger partial charge in [-0.2, -0.15) is 5.26 Å². The van der Waals surface area contributed by atoms with Crippen LogP contribution < -0.4 is 4.74 Å². The van der Waals surface area contributed by atoms with Crippen molar-refractivity contribution in [3.8, 4) is 11.8 Å². The maximum atomic E-state index is 8.85. The zero-order valence-electron chi connectivity index (χ0n) is 8.09. The van der Waals surface area contributed by atoms with Crippen LogP contribution in [0.4, 0.5) is 0 Å². The fourth-order valence-electron chi connectivity index (χ4n) is 1.06. The molecule has 0 N–H and O–H groups in total. The number of hydrogen-bond acceptors (Lipinski definition) is 2. The molecule has 0 saturated heterocycles. The van der Waals surface area contributed by atoms with Crippen LogP contribution in [0.3, 0.4) is 0 Å². The van der Waals surface area contributed by atoms with Gasteiger partial charge in [-0.15, -0.1) is 0 Å². The Morgan fingerprint density at radius 2 is 2.29 bits per heavy atom. The Bertz CT molecular complexity index is 344. The van der Waals surface area contributed by atoms with Gasteiger partial charge in [0, 0.05) is 0 Å². The van der Waals surface area contributed by atoms with Gasteiger partial charge in [0.1, 0.15) is 6.07 Å². The number of benzene rings is 1. The molecule has 0 heterocycles. The topological polar surface area (TPSA) is 33.0 Å². The Labute approximate surface area is 92.6 Å². The molecule has 0 spiro atoms. The van der Waals surface area contributed by atoms with Gasteiger partial charge in [0.15, 0.2) is 5.75 Å². The lowest BCUT2D eigenvalue weighted by molar-refractivity contribution is 0.306. The molecule has 2 nitrogen and oxygen atoms in total. The molecule has 0 bridgehead atoms. The highest BCUT2D eigenvalue weighted by atomic mass is 79.9. The third kappa shape index (κ3) is 2.74. The average molecular weight is 254 g/mol. The van der Waals surface area contributed by atoms with Gasteiger partial charge in [-0.3, -0.25) is 0 Å². The Hall–Kier alpha value is -1.01. The van der Waals surface area contributed by atoms with Crippen molar-refractivity contribution in [2.45, 2.75) is 19.8 Å². The molecule has 0 saturated carbocycles. The first-order chi connectivity index (χ1) is 6.79. The average Bonchev–Trinajstić information content (AvgIpc) is 2.20. The van der Waals surface area contributed by atoms with Gasteiger partial charge in [0.05, 0.1) is 16.6 Å². The van der Waals surface area contributed by atoms with Gasteiger partial charge in [-0.05, 0) is 34.5 Å². The van der Waals surface area contributed by atoms with Crippen LogP contribution in [-0.2, 0) is 0 Å². The highest BCUT2D eigenvalue weighted by Gasteiger charge is 2.06. The summed E-state index contributed by atoms with van der Waals surface area (Å²) in [6.07, 6.45) is 2.10. The van der Waals surface area contributed by atoms with Crippen molar-refractivity contribution in [3.05, 3.63) is 28.2 Å². The molecule has 0 radical (unpaired) electrons. The van der Waals surface area contributed by atoms with Crippen molar-refractivity contribution in [1.82, 2.24) is 0 Å². The summed E-state index contributed by atoms with van der Waals surface area (Å²) in [6, 6.07) is 7.57. The Morgan fingerprint density at radius 1 is 1.50 bits per heavy atom. The number of ether oxygens (including phenoxy) is 1. The van der Waals surface area contributed by atoms with E-state index in [-0.39, 0.29) is 0 Å². The third-order valence-corrected chi connectivity index (χ3v) is 2.46. The zero-order valence-corrected chi connectivity index (χ0v) is 9.67. The molecule has 1 aromatic rings. The van der Waals surface area contributed by atoms with Crippen molar-refractivity contribution < 1.29 is 4.74 Å². The van der Waals surface area contributed by atoms with E-state index in [0.29, 0.717) is 17.9 Å². The minimum absolute atomic E-state index is 0.579. The largest absolute Gasteiger partial charge is 0.491 e. The first kappa shape index (κ1) is 11.1. The van der Waals surface area contributed by atoms with E-state index in [1.165, 1.54) is 0 Å². The maximum Gasteiger partial charge on any atom is 0.151 e. The summed E-state index contributed by atoms with van der Waals surface area (Å²) >= 11 is 3.36. The molecule has 0 amide bonds. The highest BCUT2D eigenvalue weighted by Crippen LogP contribution is 2.28. The van der Waals surface area contributed by atoms with Crippen LogP contribution in [0.1, 0.15) is 25.3 Å². The van der Waals surface area contributed by atoms with E-state index in [9.17, 15) is 0 Å². The number of rotatable bonds is 4. The Kier molecular flexibility index (Phi) is 4.48. The highest BCUT2D eigenvalue weighted by molar-refractivity contribution is 9.10. The number of unbranched alkanes of at least 4 members (excludes halogenated alkanes) is 1. The minimum atomic E-state index is 0.579. The SMILES string of the molecule is CCCCOc1c(Br)cccc1C#N. The second-order valence-electron chi connectivity index (χ2n) is 2.93. The molecular formula is C11H12BrNO. The predicted molar refractivity (Wildman–Crippen MR) is 59.3 cm³/mol. The summed E-state index contributed by atoms with van der Waals surface area (Å²) in [6.45, 7) is 2.77. The van der Waals surface area contributed by atoms with Crippen LogP contribution in [0, 0.1) is 11.3 Å². The summed E-state index contributed by atoms with van der Waals surface area (Å²) < 4.78 is 6.37. The molecule has 0 aliphatic carbocycles. The molecule has 74 valence electrons. The molecule has 0 aliphatic heterocycles. The van der Waals surface area contributed by atoms with Gasteiger partial charge < -0.3 is 4.74 Å². The van der Waals surface area contributed by atoms with E-state index >= 15 is 0 Å². The third-order valence-electron chi connectivity index (χ3n) is 1.83. The summed E-state index contributed by atoms with van der Waals surface area (Å²) in [5, 5.41) is 8.85. The standard InChI is InChI=1S/C11H12BrNO/c1-2-3-7-14-11-9(8-13)5-4-6-10(11)12/h4-6H,2-3,7H2,1H3. The number of nitrogens with zero attached hydrogens (tertiary/aromatic N) is 1. The molecule has 0 aromatic heterocycles. The van der Waals surface area contributed by atoms with E-state index in [1.807, 2.05) is 12.1 Å². The predicted octanol–water partition coefficient (Wildman–Crippen LogP) is 3.50. The fraction of sp³-hybridized carbons (Fsp3) is 0.364. The summed E-state index contributed by atoms with van der Waals surface area (Å²) in [4.78, 5) is 0. The van der Waals surface area contributed by atoms with E-state index in [0.717, 1.165) is 17.3 Å². The van der Waals surface area contributed by atoms with Crippen LogP contribution in [0.25, 0.3) is 0 Å². The van der Waals surface area contributed by atoms with E-state index in [4.69, 9.17) is 10.00 Å². The van der Waals surface area contributed by atoms with Gasteiger partial charge in [0.2, 0.25) is 0 Å². The van der Waals surface area contributed by atoms with Crippen LogP contribution in [0.2, 0.25) is 0 Å². The summed E-state index contributed by atoms with van der Waals surface area (Å²) in [5.41, 5.74) is 0.579. The Balaban J connectivity index is 2.78.